The molecular weight excluding hydrogens is 224 g/mol. The molecule has 2 N–H and O–H groups in total. The number of aliphatic hydroxyl groups is 1. The van der Waals surface area contributed by atoms with Crippen LogP contribution in [0.2, 0.25) is 0 Å². The standard InChI is InChI=1S/C15H18N2O/c1-15(9-5-11-18)14-8-4-10-17(14)13-7-3-2-6-12(13)16-15/h2-4,6-8,10,16,18H,5,9,11H2,1H3/t15-/m1/s1. The Labute approximate surface area is 107 Å². The Morgan fingerprint density at radius 1 is 1.22 bits per heavy atom. The smallest absolute Gasteiger partial charge is 0.0752 e. The van der Waals surface area contributed by atoms with Gasteiger partial charge in [-0.3, -0.25) is 0 Å². The highest BCUT2D eigenvalue weighted by Crippen LogP contribution is 2.39. The number of nitrogens with zero attached hydrogens (tertiary/aromatic N) is 1. The van der Waals surface area contributed by atoms with Gasteiger partial charge in [0, 0.05) is 18.5 Å². The van der Waals surface area contributed by atoms with Crippen LogP contribution >= 0.6 is 0 Å². The zero-order valence-electron chi connectivity index (χ0n) is 10.6. The van der Waals surface area contributed by atoms with Gasteiger partial charge in [-0.1, -0.05) is 12.1 Å². The summed E-state index contributed by atoms with van der Waals surface area (Å²) in [6, 6.07) is 12.6. The van der Waals surface area contributed by atoms with Gasteiger partial charge in [-0.05, 0) is 44.0 Å². The monoisotopic (exact) mass is 242 g/mol. The van der Waals surface area contributed by atoms with Gasteiger partial charge in [-0.2, -0.15) is 0 Å². The maximum Gasteiger partial charge on any atom is 0.0752 e. The second-order valence-corrected chi connectivity index (χ2v) is 5.06. The van der Waals surface area contributed by atoms with Crippen LogP contribution in [0.5, 0.6) is 0 Å². The number of hydrogen-bond donors (Lipinski definition) is 2. The molecule has 0 saturated carbocycles. The summed E-state index contributed by atoms with van der Waals surface area (Å²) in [5.74, 6) is 0. The summed E-state index contributed by atoms with van der Waals surface area (Å²) in [6.07, 6.45) is 3.82. The van der Waals surface area contributed by atoms with E-state index in [-0.39, 0.29) is 12.1 Å². The molecule has 3 heteroatoms. The van der Waals surface area contributed by atoms with Crippen molar-refractivity contribution in [3.63, 3.8) is 0 Å². The SMILES string of the molecule is C[C@]1(CCCO)Nc2ccccc2-n2cccc21. The fraction of sp³-hybridized carbons (Fsp3) is 0.333. The van der Waals surface area contributed by atoms with E-state index >= 15 is 0 Å². The predicted molar refractivity (Wildman–Crippen MR) is 73.1 cm³/mol. The fourth-order valence-electron chi connectivity index (χ4n) is 2.81. The first-order chi connectivity index (χ1) is 8.74. The first-order valence-electron chi connectivity index (χ1n) is 6.41. The molecule has 0 unspecified atom stereocenters. The van der Waals surface area contributed by atoms with Crippen molar-refractivity contribution in [1.29, 1.82) is 0 Å². The lowest BCUT2D eigenvalue weighted by Crippen LogP contribution is -2.37. The van der Waals surface area contributed by atoms with Crippen molar-refractivity contribution in [1.82, 2.24) is 4.57 Å². The van der Waals surface area contributed by atoms with E-state index in [1.807, 2.05) is 6.07 Å². The van der Waals surface area contributed by atoms with Gasteiger partial charge in [-0.15, -0.1) is 0 Å². The molecule has 3 rings (SSSR count). The third-order valence-electron chi connectivity index (χ3n) is 3.72. The molecule has 0 fully saturated rings. The van der Waals surface area contributed by atoms with Crippen molar-refractivity contribution in [2.75, 3.05) is 11.9 Å². The minimum Gasteiger partial charge on any atom is -0.396 e. The molecule has 1 aliphatic heterocycles. The Hall–Kier alpha value is -1.74. The average Bonchev–Trinajstić information content (AvgIpc) is 2.87. The average molecular weight is 242 g/mol. The summed E-state index contributed by atoms with van der Waals surface area (Å²) < 4.78 is 2.24. The third kappa shape index (κ3) is 1.63. The molecule has 2 heterocycles. The van der Waals surface area contributed by atoms with E-state index in [1.54, 1.807) is 0 Å². The second-order valence-electron chi connectivity index (χ2n) is 5.06. The number of anilines is 1. The molecule has 0 radical (unpaired) electrons. The van der Waals surface area contributed by atoms with Crippen LogP contribution in [0.15, 0.2) is 42.6 Å². The van der Waals surface area contributed by atoms with Gasteiger partial charge in [-0.25, -0.2) is 0 Å². The van der Waals surface area contributed by atoms with Crippen LogP contribution in [0, 0.1) is 0 Å². The number of nitrogens with one attached hydrogen (secondary N) is 1. The van der Waals surface area contributed by atoms with Crippen molar-refractivity contribution >= 4 is 5.69 Å². The van der Waals surface area contributed by atoms with Crippen LogP contribution in [0.3, 0.4) is 0 Å². The molecule has 0 bridgehead atoms. The minimum atomic E-state index is -0.111. The largest absolute Gasteiger partial charge is 0.396 e. The Balaban J connectivity index is 2.09. The Morgan fingerprint density at radius 3 is 2.89 bits per heavy atom. The highest BCUT2D eigenvalue weighted by atomic mass is 16.2. The van der Waals surface area contributed by atoms with E-state index in [2.05, 4.69) is 53.3 Å². The van der Waals surface area contributed by atoms with Gasteiger partial charge in [0.2, 0.25) is 0 Å². The lowest BCUT2D eigenvalue weighted by Gasteiger charge is -2.38. The van der Waals surface area contributed by atoms with E-state index < -0.39 is 0 Å². The summed E-state index contributed by atoms with van der Waals surface area (Å²) in [5.41, 5.74) is 3.50. The van der Waals surface area contributed by atoms with Crippen LogP contribution in [-0.2, 0) is 5.54 Å². The van der Waals surface area contributed by atoms with Gasteiger partial charge in [0.15, 0.2) is 0 Å². The van der Waals surface area contributed by atoms with Crippen LogP contribution in [-0.4, -0.2) is 16.3 Å². The highest BCUT2D eigenvalue weighted by Gasteiger charge is 2.33. The first-order valence-corrected chi connectivity index (χ1v) is 6.41. The number of para-hydroxylation sites is 2. The Kier molecular flexibility index (Phi) is 2.63. The maximum atomic E-state index is 9.07. The quantitative estimate of drug-likeness (QED) is 0.868. The van der Waals surface area contributed by atoms with Gasteiger partial charge in [0.05, 0.1) is 16.9 Å². The summed E-state index contributed by atoms with van der Waals surface area (Å²) >= 11 is 0. The lowest BCUT2D eigenvalue weighted by atomic mass is 9.89. The summed E-state index contributed by atoms with van der Waals surface area (Å²) in [4.78, 5) is 0. The van der Waals surface area contributed by atoms with E-state index in [0.29, 0.717) is 0 Å². The van der Waals surface area contributed by atoms with Crippen LogP contribution in [0.25, 0.3) is 5.69 Å². The number of fused-ring (bicyclic) bond motifs is 3. The number of hydrogen-bond acceptors (Lipinski definition) is 2. The predicted octanol–water partition coefficient (Wildman–Crippen LogP) is 2.89. The molecule has 0 aliphatic carbocycles. The molecule has 0 saturated heterocycles. The molecule has 2 aromatic rings. The van der Waals surface area contributed by atoms with Crippen molar-refractivity contribution in [3.05, 3.63) is 48.3 Å². The normalized spacial score (nSPS) is 21.0. The number of rotatable bonds is 3. The maximum absolute atomic E-state index is 9.07. The van der Waals surface area contributed by atoms with Crippen LogP contribution in [0.1, 0.15) is 25.5 Å². The molecule has 1 aliphatic rings. The van der Waals surface area contributed by atoms with Gasteiger partial charge in [0.25, 0.3) is 0 Å². The van der Waals surface area contributed by atoms with E-state index in [0.717, 1.165) is 18.5 Å². The topological polar surface area (TPSA) is 37.2 Å². The summed E-state index contributed by atoms with van der Waals surface area (Å²) in [7, 11) is 0. The van der Waals surface area contributed by atoms with Gasteiger partial charge < -0.3 is 15.0 Å². The van der Waals surface area contributed by atoms with E-state index in [9.17, 15) is 0 Å². The zero-order chi connectivity index (χ0) is 12.6. The van der Waals surface area contributed by atoms with Gasteiger partial charge >= 0.3 is 0 Å². The minimum absolute atomic E-state index is 0.111. The molecule has 1 atom stereocenters. The van der Waals surface area contributed by atoms with E-state index in [1.165, 1.54) is 11.4 Å². The number of aliphatic hydroxyl groups excluding tert-OH is 1. The van der Waals surface area contributed by atoms with Crippen molar-refractivity contribution in [3.8, 4) is 5.69 Å². The van der Waals surface area contributed by atoms with Gasteiger partial charge in [0.1, 0.15) is 0 Å². The number of aromatic nitrogens is 1. The Bertz CT molecular complexity index is 561. The van der Waals surface area contributed by atoms with Crippen molar-refractivity contribution < 1.29 is 5.11 Å². The van der Waals surface area contributed by atoms with Crippen LogP contribution in [0.4, 0.5) is 5.69 Å². The van der Waals surface area contributed by atoms with Crippen molar-refractivity contribution in [2.24, 2.45) is 0 Å². The molecule has 1 aromatic heterocycles. The molecule has 18 heavy (non-hydrogen) atoms. The highest BCUT2D eigenvalue weighted by molar-refractivity contribution is 5.66. The molecular formula is C15H18N2O. The fourth-order valence-corrected chi connectivity index (χ4v) is 2.81. The summed E-state index contributed by atoms with van der Waals surface area (Å²) in [5, 5.41) is 12.7. The Morgan fingerprint density at radius 2 is 2.06 bits per heavy atom. The molecule has 3 nitrogen and oxygen atoms in total. The zero-order valence-corrected chi connectivity index (χ0v) is 10.6. The van der Waals surface area contributed by atoms with Crippen LogP contribution < -0.4 is 5.32 Å². The molecule has 94 valence electrons. The first kappa shape index (κ1) is 11.4. The van der Waals surface area contributed by atoms with E-state index in [4.69, 9.17) is 5.11 Å². The third-order valence-corrected chi connectivity index (χ3v) is 3.72. The summed E-state index contributed by atoms with van der Waals surface area (Å²) in [6.45, 7) is 2.43. The number of benzene rings is 1. The molecule has 0 amide bonds. The molecule has 1 aromatic carbocycles. The second kappa shape index (κ2) is 4.18. The lowest BCUT2D eigenvalue weighted by molar-refractivity contribution is 0.268. The van der Waals surface area contributed by atoms with Crippen molar-refractivity contribution in [2.45, 2.75) is 25.3 Å². The molecule has 0 spiro atoms.